The third-order valence-corrected chi connectivity index (χ3v) is 17.0. The zero-order chi connectivity index (χ0) is 38.2. The third kappa shape index (κ3) is 4.67. The SMILES string of the molecule is c1ccc([Si](c2ccccc2)(c2ccccc2)c2ccc3c(c2)oc2cccc(-n4c5ccccc5c5cc(-n6c7ccccc7c7ccccc76)ccc54)c23)cc1. The van der Waals surface area contributed by atoms with Gasteiger partial charge < -0.3 is 13.6 Å². The van der Waals surface area contributed by atoms with E-state index in [1.54, 1.807) is 0 Å². The summed E-state index contributed by atoms with van der Waals surface area (Å²) in [5.41, 5.74) is 8.77. The molecule has 4 heteroatoms. The summed E-state index contributed by atoms with van der Waals surface area (Å²) in [5, 5.41) is 12.5. The van der Waals surface area contributed by atoms with Crippen LogP contribution in [0.15, 0.2) is 223 Å². The molecule has 3 heterocycles. The molecule has 12 rings (SSSR count). The second kappa shape index (κ2) is 12.8. The highest BCUT2D eigenvalue weighted by molar-refractivity contribution is 7.20. The molecule has 9 aromatic carbocycles. The van der Waals surface area contributed by atoms with Gasteiger partial charge in [0.15, 0.2) is 8.07 Å². The van der Waals surface area contributed by atoms with Crippen LogP contribution in [-0.4, -0.2) is 17.2 Å². The fraction of sp³-hybridized carbons (Fsp3) is 0. The van der Waals surface area contributed by atoms with E-state index >= 15 is 0 Å². The predicted octanol–water partition coefficient (Wildman–Crippen LogP) is 11.2. The van der Waals surface area contributed by atoms with Gasteiger partial charge in [-0.25, -0.2) is 0 Å². The van der Waals surface area contributed by atoms with E-state index in [1.165, 1.54) is 58.8 Å². The maximum absolute atomic E-state index is 6.91. The van der Waals surface area contributed by atoms with Crippen molar-refractivity contribution in [2.24, 2.45) is 0 Å². The second-order valence-electron chi connectivity index (χ2n) is 15.2. The Hall–Kier alpha value is -7.40. The van der Waals surface area contributed by atoms with Crippen LogP contribution in [0.2, 0.25) is 0 Å². The molecule has 0 spiro atoms. The summed E-state index contributed by atoms with van der Waals surface area (Å²) >= 11 is 0. The quantitative estimate of drug-likeness (QED) is 0.122. The van der Waals surface area contributed by atoms with E-state index in [2.05, 4.69) is 228 Å². The van der Waals surface area contributed by atoms with Crippen LogP contribution in [0.1, 0.15) is 0 Å². The van der Waals surface area contributed by atoms with E-state index in [4.69, 9.17) is 4.42 Å². The minimum atomic E-state index is -2.74. The maximum Gasteiger partial charge on any atom is 0.179 e. The number of hydrogen-bond acceptors (Lipinski definition) is 1. The summed E-state index contributed by atoms with van der Waals surface area (Å²) < 4.78 is 11.8. The Bertz CT molecular complexity index is 3360. The van der Waals surface area contributed by atoms with E-state index in [9.17, 15) is 0 Å². The average molecular weight is 757 g/mol. The lowest BCUT2D eigenvalue weighted by atomic mass is 10.1. The van der Waals surface area contributed by atoms with Gasteiger partial charge in [0.05, 0.1) is 33.1 Å². The molecule has 0 unspecified atom stereocenters. The largest absolute Gasteiger partial charge is 0.456 e. The van der Waals surface area contributed by atoms with Crippen LogP contribution in [0.5, 0.6) is 0 Å². The van der Waals surface area contributed by atoms with Gasteiger partial charge in [0.2, 0.25) is 0 Å². The zero-order valence-corrected chi connectivity index (χ0v) is 32.6. The fourth-order valence-electron chi connectivity index (χ4n) is 9.85. The van der Waals surface area contributed by atoms with Gasteiger partial charge in [-0.05, 0) is 75.3 Å². The van der Waals surface area contributed by atoms with Gasteiger partial charge in [0.25, 0.3) is 0 Å². The Morgan fingerprint density at radius 1 is 0.310 bits per heavy atom. The van der Waals surface area contributed by atoms with Crippen molar-refractivity contribution in [2.75, 3.05) is 0 Å². The van der Waals surface area contributed by atoms with Crippen molar-refractivity contribution in [3.8, 4) is 11.4 Å². The van der Waals surface area contributed by atoms with E-state index in [-0.39, 0.29) is 0 Å². The van der Waals surface area contributed by atoms with Crippen molar-refractivity contribution >= 4 is 94.4 Å². The van der Waals surface area contributed by atoms with Gasteiger partial charge in [0.1, 0.15) is 11.2 Å². The Labute approximate surface area is 336 Å². The van der Waals surface area contributed by atoms with Gasteiger partial charge in [0, 0.05) is 32.6 Å². The fourth-order valence-corrected chi connectivity index (χ4v) is 14.6. The molecule has 0 aliphatic heterocycles. The molecule has 0 bridgehead atoms. The second-order valence-corrected chi connectivity index (χ2v) is 19.0. The lowest BCUT2D eigenvalue weighted by Crippen LogP contribution is -2.74. The molecule has 0 aliphatic carbocycles. The molecule has 272 valence electrons. The Morgan fingerprint density at radius 2 is 0.810 bits per heavy atom. The monoisotopic (exact) mass is 756 g/mol. The number of para-hydroxylation sites is 3. The van der Waals surface area contributed by atoms with Crippen LogP contribution in [0, 0.1) is 0 Å². The predicted molar refractivity (Wildman–Crippen MR) is 246 cm³/mol. The molecule has 0 saturated carbocycles. The molecular formula is C54H36N2OSi. The number of furan rings is 1. The van der Waals surface area contributed by atoms with Crippen LogP contribution >= 0.6 is 0 Å². The standard InChI is InChI=1S/C54H36N2OSi/c1-4-17-38(18-5-1)58(39-19-6-2-7-20-39,40-21-8-3-9-22-40)41-32-33-45-53(36-41)57-52-30-16-29-51(54(45)52)56-49-28-15-12-25-44(49)46-35-37(31-34-50(46)56)55-47-26-13-10-23-42(47)43-24-11-14-27-48(43)55/h1-36H. The van der Waals surface area contributed by atoms with Crippen molar-refractivity contribution in [1.29, 1.82) is 0 Å². The Balaban J connectivity index is 1.09. The van der Waals surface area contributed by atoms with Crippen LogP contribution in [0.4, 0.5) is 0 Å². The van der Waals surface area contributed by atoms with Crippen molar-refractivity contribution in [3.63, 3.8) is 0 Å². The molecule has 0 atom stereocenters. The van der Waals surface area contributed by atoms with E-state index in [1.807, 2.05) is 0 Å². The summed E-state index contributed by atoms with van der Waals surface area (Å²) in [6, 6.07) is 79.9. The zero-order valence-electron chi connectivity index (χ0n) is 31.6. The van der Waals surface area contributed by atoms with Crippen LogP contribution < -0.4 is 20.7 Å². The van der Waals surface area contributed by atoms with Crippen molar-refractivity contribution < 1.29 is 4.42 Å². The molecule has 0 fully saturated rings. The van der Waals surface area contributed by atoms with Crippen LogP contribution in [0.25, 0.3) is 76.9 Å². The lowest BCUT2D eigenvalue weighted by molar-refractivity contribution is 0.669. The average Bonchev–Trinajstić information content (AvgIpc) is 3.95. The topological polar surface area (TPSA) is 23.0 Å². The smallest absolute Gasteiger partial charge is 0.179 e. The Kier molecular flexibility index (Phi) is 7.25. The first-order valence-corrected chi connectivity index (χ1v) is 21.9. The number of benzene rings is 9. The number of fused-ring (bicyclic) bond motifs is 9. The van der Waals surface area contributed by atoms with Crippen molar-refractivity contribution in [3.05, 3.63) is 218 Å². The lowest BCUT2D eigenvalue weighted by Gasteiger charge is -2.34. The van der Waals surface area contributed by atoms with E-state index < -0.39 is 8.07 Å². The van der Waals surface area contributed by atoms with E-state index in [0.717, 1.165) is 38.8 Å². The summed E-state index contributed by atoms with van der Waals surface area (Å²) in [5.74, 6) is 0. The van der Waals surface area contributed by atoms with Crippen molar-refractivity contribution in [1.82, 2.24) is 9.13 Å². The molecule has 12 aromatic rings. The minimum Gasteiger partial charge on any atom is -0.456 e. The van der Waals surface area contributed by atoms with Gasteiger partial charge in [-0.1, -0.05) is 164 Å². The minimum absolute atomic E-state index is 0.879. The molecule has 0 N–H and O–H groups in total. The molecule has 0 aliphatic rings. The molecule has 0 radical (unpaired) electrons. The van der Waals surface area contributed by atoms with Crippen LogP contribution in [0.3, 0.4) is 0 Å². The van der Waals surface area contributed by atoms with Gasteiger partial charge in [-0.15, -0.1) is 0 Å². The molecule has 0 saturated heterocycles. The van der Waals surface area contributed by atoms with Gasteiger partial charge in [-0.3, -0.25) is 0 Å². The maximum atomic E-state index is 6.91. The molecular weight excluding hydrogens is 721 g/mol. The van der Waals surface area contributed by atoms with Crippen LogP contribution in [-0.2, 0) is 0 Å². The highest BCUT2D eigenvalue weighted by Gasteiger charge is 2.41. The molecule has 58 heavy (non-hydrogen) atoms. The summed E-state index contributed by atoms with van der Waals surface area (Å²) in [7, 11) is -2.74. The summed E-state index contributed by atoms with van der Waals surface area (Å²) in [6.45, 7) is 0. The number of aromatic nitrogens is 2. The number of hydrogen-bond donors (Lipinski definition) is 0. The Morgan fingerprint density at radius 3 is 1.40 bits per heavy atom. The molecule has 3 aromatic heterocycles. The first-order valence-electron chi connectivity index (χ1n) is 19.9. The molecule has 3 nitrogen and oxygen atoms in total. The summed E-state index contributed by atoms with van der Waals surface area (Å²) in [6.07, 6.45) is 0. The van der Waals surface area contributed by atoms with Gasteiger partial charge in [-0.2, -0.15) is 0 Å². The van der Waals surface area contributed by atoms with Crippen molar-refractivity contribution in [2.45, 2.75) is 0 Å². The third-order valence-electron chi connectivity index (χ3n) is 12.3. The molecule has 0 amide bonds. The summed E-state index contributed by atoms with van der Waals surface area (Å²) in [4.78, 5) is 0. The normalized spacial score (nSPS) is 12.1. The first-order chi connectivity index (χ1) is 28.8. The van der Waals surface area contributed by atoms with Gasteiger partial charge >= 0.3 is 0 Å². The number of nitrogens with zero attached hydrogens (tertiary/aromatic N) is 2. The highest BCUT2D eigenvalue weighted by atomic mass is 28.3. The number of rotatable bonds is 6. The highest BCUT2D eigenvalue weighted by Crippen LogP contribution is 2.40. The first kappa shape index (κ1) is 32.8. The van der Waals surface area contributed by atoms with E-state index in [0.29, 0.717) is 0 Å².